The molecule has 0 aromatic carbocycles. The first-order valence-electron chi connectivity index (χ1n) is 6.67. The zero-order chi connectivity index (χ0) is 13.9. The van der Waals surface area contributed by atoms with E-state index in [9.17, 15) is 4.79 Å². The fourth-order valence-corrected chi connectivity index (χ4v) is 2.56. The molecule has 0 fully saturated rings. The Balaban J connectivity index is 1.93. The second-order valence-electron chi connectivity index (χ2n) is 4.86. The molecule has 0 bridgehead atoms. The summed E-state index contributed by atoms with van der Waals surface area (Å²) in [6, 6.07) is 5.73. The van der Waals surface area contributed by atoms with E-state index in [1.807, 2.05) is 28.8 Å². The number of ether oxygens (including phenoxy) is 1. The molecule has 0 amide bonds. The van der Waals surface area contributed by atoms with E-state index in [2.05, 4.69) is 16.0 Å². The first-order chi connectivity index (χ1) is 9.83. The Morgan fingerprint density at radius 1 is 1.45 bits per heavy atom. The summed E-state index contributed by atoms with van der Waals surface area (Å²) < 4.78 is 6.98. The lowest BCUT2D eigenvalue weighted by Gasteiger charge is -2.26. The number of hydrogen-bond donors (Lipinski definition) is 0. The molecule has 0 saturated heterocycles. The summed E-state index contributed by atoms with van der Waals surface area (Å²) in [4.78, 5) is 18.1. The average molecular weight is 271 g/mol. The fraction of sp³-hybridized carbons (Fsp3) is 0.333. The maximum absolute atomic E-state index is 11.4. The number of carbonyl (C=O) groups is 1. The molecule has 2 aromatic rings. The van der Waals surface area contributed by atoms with Gasteiger partial charge >= 0.3 is 0 Å². The number of aromatic nitrogens is 2. The Hall–Kier alpha value is -2.14. The summed E-state index contributed by atoms with van der Waals surface area (Å²) in [5.41, 5.74) is 2.72. The van der Waals surface area contributed by atoms with E-state index in [0.29, 0.717) is 12.3 Å². The smallest absolute Gasteiger partial charge is 0.170 e. The van der Waals surface area contributed by atoms with Gasteiger partial charge in [-0.25, -0.2) is 4.98 Å². The normalized spacial score (nSPS) is 15.4. The number of rotatable bonds is 4. The van der Waals surface area contributed by atoms with Gasteiger partial charge in [0, 0.05) is 26.4 Å². The van der Waals surface area contributed by atoms with Crippen molar-refractivity contribution in [2.75, 3.05) is 31.7 Å². The van der Waals surface area contributed by atoms with Crippen molar-refractivity contribution in [3.63, 3.8) is 0 Å². The van der Waals surface area contributed by atoms with Gasteiger partial charge in [-0.2, -0.15) is 0 Å². The number of nitrogens with zero attached hydrogens (tertiary/aromatic N) is 3. The lowest BCUT2D eigenvalue weighted by molar-refractivity contribution is 0.111. The SMILES string of the molecule is COCC1=CCN(c2nc3ccccn3c2C=O)CC1. The van der Waals surface area contributed by atoms with Crippen molar-refractivity contribution in [3.05, 3.63) is 41.7 Å². The third-order valence-electron chi connectivity index (χ3n) is 3.59. The Labute approximate surface area is 117 Å². The highest BCUT2D eigenvalue weighted by Crippen LogP contribution is 2.23. The van der Waals surface area contributed by atoms with Crippen molar-refractivity contribution in [2.24, 2.45) is 0 Å². The minimum absolute atomic E-state index is 0.615. The molecule has 3 rings (SSSR count). The van der Waals surface area contributed by atoms with Crippen LogP contribution in [0.4, 0.5) is 5.82 Å². The second-order valence-corrected chi connectivity index (χ2v) is 4.86. The van der Waals surface area contributed by atoms with E-state index in [1.165, 1.54) is 5.57 Å². The molecule has 5 nitrogen and oxygen atoms in total. The van der Waals surface area contributed by atoms with E-state index in [-0.39, 0.29) is 0 Å². The van der Waals surface area contributed by atoms with Crippen molar-refractivity contribution in [3.8, 4) is 0 Å². The fourth-order valence-electron chi connectivity index (χ4n) is 2.56. The number of imidazole rings is 1. The van der Waals surface area contributed by atoms with Gasteiger partial charge in [-0.1, -0.05) is 12.1 Å². The van der Waals surface area contributed by atoms with Crippen LogP contribution in [0.2, 0.25) is 0 Å². The van der Waals surface area contributed by atoms with Gasteiger partial charge in [0.2, 0.25) is 0 Å². The van der Waals surface area contributed by atoms with Gasteiger partial charge < -0.3 is 9.64 Å². The molecule has 0 aliphatic carbocycles. The number of pyridine rings is 1. The molecule has 20 heavy (non-hydrogen) atoms. The maximum Gasteiger partial charge on any atom is 0.170 e. The number of fused-ring (bicyclic) bond motifs is 1. The molecule has 104 valence electrons. The van der Waals surface area contributed by atoms with Gasteiger partial charge in [0.05, 0.1) is 6.61 Å². The predicted molar refractivity (Wildman–Crippen MR) is 77.4 cm³/mol. The molecule has 1 aliphatic heterocycles. The summed E-state index contributed by atoms with van der Waals surface area (Å²) in [5, 5.41) is 0. The number of methoxy groups -OCH3 is 1. The van der Waals surface area contributed by atoms with Crippen LogP contribution in [0.25, 0.3) is 5.65 Å². The Morgan fingerprint density at radius 3 is 3.05 bits per heavy atom. The van der Waals surface area contributed by atoms with E-state index in [0.717, 1.165) is 37.3 Å². The highest BCUT2D eigenvalue weighted by Gasteiger charge is 2.19. The number of anilines is 1. The summed E-state index contributed by atoms with van der Waals surface area (Å²) in [5.74, 6) is 0.763. The zero-order valence-corrected chi connectivity index (χ0v) is 11.5. The molecule has 1 aliphatic rings. The van der Waals surface area contributed by atoms with Gasteiger partial charge in [-0.15, -0.1) is 0 Å². The standard InChI is InChI=1S/C15H17N3O2/c1-20-11-12-5-8-17(9-6-12)15-13(10-19)18-7-3-2-4-14(18)16-15/h2-5,7,10H,6,8-9,11H2,1H3. The van der Waals surface area contributed by atoms with Crippen LogP contribution < -0.4 is 4.90 Å². The molecule has 2 aromatic heterocycles. The average Bonchev–Trinajstić information content (AvgIpc) is 2.87. The van der Waals surface area contributed by atoms with Crippen LogP contribution in [0.5, 0.6) is 0 Å². The zero-order valence-electron chi connectivity index (χ0n) is 11.5. The molecule has 0 N–H and O–H groups in total. The molecule has 0 radical (unpaired) electrons. The third-order valence-corrected chi connectivity index (χ3v) is 3.59. The van der Waals surface area contributed by atoms with E-state index in [4.69, 9.17) is 4.74 Å². The summed E-state index contributed by atoms with van der Waals surface area (Å²) in [7, 11) is 1.71. The lowest BCUT2D eigenvalue weighted by atomic mass is 10.1. The predicted octanol–water partition coefficient (Wildman–Crippen LogP) is 1.93. The summed E-state index contributed by atoms with van der Waals surface area (Å²) in [6.45, 7) is 2.31. The molecule has 5 heteroatoms. The second kappa shape index (κ2) is 5.46. The molecule has 3 heterocycles. The van der Waals surface area contributed by atoms with Crippen molar-refractivity contribution in [1.29, 1.82) is 0 Å². The van der Waals surface area contributed by atoms with Gasteiger partial charge in [0.1, 0.15) is 11.3 Å². The third kappa shape index (κ3) is 2.20. The summed E-state index contributed by atoms with van der Waals surface area (Å²) >= 11 is 0. The Kier molecular flexibility index (Phi) is 3.52. The van der Waals surface area contributed by atoms with Gasteiger partial charge in [-0.05, 0) is 24.1 Å². The van der Waals surface area contributed by atoms with E-state index in [1.54, 1.807) is 7.11 Å². The maximum atomic E-state index is 11.4. The molecular formula is C15H17N3O2. The van der Waals surface area contributed by atoms with Crippen molar-refractivity contribution >= 4 is 17.8 Å². The first kappa shape index (κ1) is 12.9. The lowest BCUT2D eigenvalue weighted by Crippen LogP contribution is -2.30. The van der Waals surface area contributed by atoms with Crippen molar-refractivity contribution < 1.29 is 9.53 Å². The van der Waals surface area contributed by atoms with Crippen LogP contribution in [-0.2, 0) is 4.74 Å². The highest BCUT2D eigenvalue weighted by molar-refractivity contribution is 5.83. The van der Waals surface area contributed by atoms with Crippen molar-refractivity contribution in [1.82, 2.24) is 9.38 Å². The number of carbonyl (C=O) groups excluding carboxylic acids is 1. The van der Waals surface area contributed by atoms with Gasteiger partial charge in [0.25, 0.3) is 0 Å². The van der Waals surface area contributed by atoms with Gasteiger partial charge in [-0.3, -0.25) is 9.20 Å². The topological polar surface area (TPSA) is 46.8 Å². The minimum atomic E-state index is 0.615. The van der Waals surface area contributed by atoms with Crippen LogP contribution in [0.3, 0.4) is 0 Å². The van der Waals surface area contributed by atoms with E-state index >= 15 is 0 Å². The first-order valence-corrected chi connectivity index (χ1v) is 6.67. The summed E-state index contributed by atoms with van der Waals surface area (Å²) in [6.07, 6.45) is 5.85. The molecule has 0 spiro atoms. The van der Waals surface area contributed by atoms with Crippen LogP contribution in [0, 0.1) is 0 Å². The highest BCUT2D eigenvalue weighted by atomic mass is 16.5. The Bertz CT molecular complexity index is 660. The monoisotopic (exact) mass is 271 g/mol. The molecule has 0 unspecified atom stereocenters. The molecule has 0 saturated carbocycles. The number of aldehydes is 1. The largest absolute Gasteiger partial charge is 0.380 e. The van der Waals surface area contributed by atoms with Crippen LogP contribution in [0.15, 0.2) is 36.0 Å². The van der Waals surface area contributed by atoms with Crippen molar-refractivity contribution in [2.45, 2.75) is 6.42 Å². The number of hydrogen-bond acceptors (Lipinski definition) is 4. The Morgan fingerprint density at radius 2 is 2.35 bits per heavy atom. The van der Waals surface area contributed by atoms with Gasteiger partial charge in [0.15, 0.2) is 12.1 Å². The molecule has 0 atom stereocenters. The quantitative estimate of drug-likeness (QED) is 0.629. The molecular weight excluding hydrogens is 254 g/mol. The van der Waals surface area contributed by atoms with Crippen LogP contribution in [0.1, 0.15) is 16.9 Å². The van der Waals surface area contributed by atoms with Crippen LogP contribution >= 0.6 is 0 Å². The van der Waals surface area contributed by atoms with E-state index < -0.39 is 0 Å². The minimum Gasteiger partial charge on any atom is -0.380 e. The van der Waals surface area contributed by atoms with Crippen LogP contribution in [-0.4, -0.2) is 42.5 Å².